The summed E-state index contributed by atoms with van der Waals surface area (Å²) in [5.41, 5.74) is 3.54. The van der Waals surface area contributed by atoms with Crippen LogP contribution >= 0.6 is 0 Å². The Morgan fingerprint density at radius 1 is 1.21 bits per heavy atom. The first kappa shape index (κ1) is 14.5. The SMILES string of the molecule is CCN(CCC(O)c1cc(C)cc(C)c1)CC1CC1. The van der Waals surface area contributed by atoms with Crippen molar-refractivity contribution in [2.45, 2.75) is 46.1 Å². The molecule has 0 aliphatic heterocycles. The summed E-state index contributed by atoms with van der Waals surface area (Å²) in [5, 5.41) is 10.3. The zero-order valence-electron chi connectivity index (χ0n) is 12.5. The van der Waals surface area contributed by atoms with Crippen LogP contribution in [0.4, 0.5) is 0 Å². The largest absolute Gasteiger partial charge is 0.388 e. The zero-order chi connectivity index (χ0) is 13.8. The topological polar surface area (TPSA) is 23.5 Å². The first-order valence-electron chi connectivity index (χ1n) is 7.57. The van der Waals surface area contributed by atoms with Gasteiger partial charge in [-0.3, -0.25) is 0 Å². The summed E-state index contributed by atoms with van der Waals surface area (Å²) in [6.45, 7) is 9.71. The fourth-order valence-electron chi connectivity index (χ4n) is 2.72. The average molecular weight is 261 g/mol. The van der Waals surface area contributed by atoms with E-state index in [1.807, 2.05) is 0 Å². The molecule has 1 atom stereocenters. The summed E-state index contributed by atoms with van der Waals surface area (Å²) in [7, 11) is 0. The van der Waals surface area contributed by atoms with Crippen LogP contribution in [-0.2, 0) is 0 Å². The van der Waals surface area contributed by atoms with Crippen molar-refractivity contribution in [1.82, 2.24) is 4.90 Å². The molecule has 1 fully saturated rings. The van der Waals surface area contributed by atoms with E-state index in [0.717, 1.165) is 31.0 Å². The molecule has 0 bridgehead atoms. The molecule has 2 heteroatoms. The maximum absolute atomic E-state index is 10.3. The van der Waals surface area contributed by atoms with Gasteiger partial charge in [-0.05, 0) is 51.1 Å². The molecule has 2 nitrogen and oxygen atoms in total. The van der Waals surface area contributed by atoms with E-state index in [-0.39, 0.29) is 6.10 Å². The maximum Gasteiger partial charge on any atom is 0.0802 e. The Balaban J connectivity index is 1.86. The molecule has 1 aromatic carbocycles. The lowest BCUT2D eigenvalue weighted by atomic mass is 10.0. The van der Waals surface area contributed by atoms with E-state index in [1.165, 1.54) is 30.5 Å². The molecule has 1 N–H and O–H groups in total. The highest BCUT2D eigenvalue weighted by molar-refractivity contribution is 5.29. The van der Waals surface area contributed by atoms with Crippen molar-refractivity contribution in [1.29, 1.82) is 0 Å². The molecule has 0 saturated heterocycles. The molecule has 19 heavy (non-hydrogen) atoms. The molecule has 0 heterocycles. The van der Waals surface area contributed by atoms with E-state index in [4.69, 9.17) is 0 Å². The second-order valence-corrected chi connectivity index (χ2v) is 6.06. The van der Waals surface area contributed by atoms with Crippen LogP contribution < -0.4 is 0 Å². The minimum Gasteiger partial charge on any atom is -0.388 e. The smallest absolute Gasteiger partial charge is 0.0802 e. The quantitative estimate of drug-likeness (QED) is 0.812. The minimum absolute atomic E-state index is 0.327. The van der Waals surface area contributed by atoms with Crippen molar-refractivity contribution in [2.75, 3.05) is 19.6 Å². The Labute approximate surface area is 117 Å². The normalized spacial score (nSPS) is 16.9. The second-order valence-electron chi connectivity index (χ2n) is 6.06. The Morgan fingerprint density at radius 3 is 2.37 bits per heavy atom. The lowest BCUT2D eigenvalue weighted by molar-refractivity contribution is 0.142. The van der Waals surface area contributed by atoms with Gasteiger partial charge in [0.1, 0.15) is 0 Å². The summed E-state index contributed by atoms with van der Waals surface area (Å²) in [4.78, 5) is 2.48. The molecule has 0 aromatic heterocycles. The summed E-state index contributed by atoms with van der Waals surface area (Å²) < 4.78 is 0. The lowest BCUT2D eigenvalue weighted by Gasteiger charge is -2.22. The summed E-state index contributed by atoms with van der Waals surface area (Å²) in [6, 6.07) is 6.37. The Morgan fingerprint density at radius 2 is 1.84 bits per heavy atom. The van der Waals surface area contributed by atoms with Gasteiger partial charge in [0.05, 0.1) is 6.10 Å². The van der Waals surface area contributed by atoms with Crippen molar-refractivity contribution >= 4 is 0 Å². The fourth-order valence-corrected chi connectivity index (χ4v) is 2.72. The molecule has 1 aliphatic rings. The van der Waals surface area contributed by atoms with Crippen LogP contribution in [0, 0.1) is 19.8 Å². The number of aliphatic hydroxyl groups excluding tert-OH is 1. The third-order valence-electron chi connectivity index (χ3n) is 4.01. The van der Waals surface area contributed by atoms with Gasteiger partial charge in [-0.1, -0.05) is 36.2 Å². The van der Waals surface area contributed by atoms with Crippen molar-refractivity contribution in [3.05, 3.63) is 34.9 Å². The number of rotatable bonds is 7. The van der Waals surface area contributed by atoms with Crippen LogP contribution in [0.1, 0.15) is 49.0 Å². The molecule has 0 amide bonds. The molecule has 1 aliphatic carbocycles. The molecule has 1 unspecified atom stereocenters. The van der Waals surface area contributed by atoms with Gasteiger partial charge in [0.15, 0.2) is 0 Å². The maximum atomic E-state index is 10.3. The standard InChI is InChI=1S/C17H27NO/c1-4-18(12-15-5-6-15)8-7-17(19)16-10-13(2)9-14(3)11-16/h9-11,15,17,19H,4-8,12H2,1-3H3. The summed E-state index contributed by atoms with van der Waals surface area (Å²) in [6.07, 6.45) is 3.31. The predicted molar refractivity (Wildman–Crippen MR) is 80.3 cm³/mol. The van der Waals surface area contributed by atoms with Crippen LogP contribution in [0.3, 0.4) is 0 Å². The van der Waals surface area contributed by atoms with E-state index in [0.29, 0.717) is 0 Å². The van der Waals surface area contributed by atoms with Gasteiger partial charge >= 0.3 is 0 Å². The average Bonchev–Trinajstić information content (AvgIpc) is 3.16. The predicted octanol–water partition coefficient (Wildman–Crippen LogP) is 3.46. The summed E-state index contributed by atoms with van der Waals surface area (Å²) in [5.74, 6) is 0.929. The molecule has 106 valence electrons. The number of aryl methyl sites for hydroxylation is 2. The molecule has 1 saturated carbocycles. The van der Waals surface area contributed by atoms with Crippen LogP contribution in [0.25, 0.3) is 0 Å². The Hall–Kier alpha value is -0.860. The molecule has 0 spiro atoms. The highest BCUT2D eigenvalue weighted by atomic mass is 16.3. The van der Waals surface area contributed by atoms with E-state index in [1.54, 1.807) is 0 Å². The third-order valence-corrected chi connectivity index (χ3v) is 4.01. The van der Waals surface area contributed by atoms with Gasteiger partial charge in [-0.2, -0.15) is 0 Å². The minimum atomic E-state index is -0.327. The van der Waals surface area contributed by atoms with Crippen LogP contribution in [-0.4, -0.2) is 29.6 Å². The van der Waals surface area contributed by atoms with Crippen LogP contribution in [0.15, 0.2) is 18.2 Å². The van der Waals surface area contributed by atoms with E-state index in [9.17, 15) is 5.11 Å². The molecule has 0 radical (unpaired) electrons. The number of hydrogen-bond donors (Lipinski definition) is 1. The van der Waals surface area contributed by atoms with Crippen molar-refractivity contribution in [2.24, 2.45) is 5.92 Å². The van der Waals surface area contributed by atoms with Crippen LogP contribution in [0.5, 0.6) is 0 Å². The number of nitrogens with zero attached hydrogens (tertiary/aromatic N) is 1. The Kier molecular flexibility index (Phi) is 5.00. The van der Waals surface area contributed by atoms with Gasteiger partial charge in [0.2, 0.25) is 0 Å². The second kappa shape index (κ2) is 6.53. The van der Waals surface area contributed by atoms with E-state index >= 15 is 0 Å². The number of hydrogen-bond acceptors (Lipinski definition) is 2. The molecule has 1 aromatic rings. The summed E-state index contributed by atoms with van der Waals surface area (Å²) >= 11 is 0. The molecular weight excluding hydrogens is 234 g/mol. The van der Waals surface area contributed by atoms with Gasteiger partial charge in [0, 0.05) is 13.1 Å². The fraction of sp³-hybridized carbons (Fsp3) is 0.647. The highest BCUT2D eigenvalue weighted by Crippen LogP contribution is 2.30. The van der Waals surface area contributed by atoms with E-state index < -0.39 is 0 Å². The van der Waals surface area contributed by atoms with Crippen molar-refractivity contribution in [3.8, 4) is 0 Å². The van der Waals surface area contributed by atoms with Crippen molar-refractivity contribution in [3.63, 3.8) is 0 Å². The van der Waals surface area contributed by atoms with Crippen molar-refractivity contribution < 1.29 is 5.11 Å². The number of aliphatic hydroxyl groups is 1. The zero-order valence-corrected chi connectivity index (χ0v) is 12.5. The van der Waals surface area contributed by atoms with Gasteiger partial charge in [0.25, 0.3) is 0 Å². The monoisotopic (exact) mass is 261 g/mol. The van der Waals surface area contributed by atoms with Gasteiger partial charge in [-0.25, -0.2) is 0 Å². The third kappa shape index (κ3) is 4.63. The first-order valence-corrected chi connectivity index (χ1v) is 7.57. The van der Waals surface area contributed by atoms with Gasteiger partial charge < -0.3 is 10.0 Å². The van der Waals surface area contributed by atoms with Crippen LogP contribution in [0.2, 0.25) is 0 Å². The Bertz CT molecular complexity index is 391. The molecule has 2 rings (SSSR count). The number of benzene rings is 1. The highest BCUT2D eigenvalue weighted by Gasteiger charge is 2.23. The lowest BCUT2D eigenvalue weighted by Crippen LogP contribution is -2.28. The first-order chi connectivity index (χ1) is 9.08. The van der Waals surface area contributed by atoms with Gasteiger partial charge in [-0.15, -0.1) is 0 Å². The molecular formula is C17H27NO. The van der Waals surface area contributed by atoms with E-state index in [2.05, 4.69) is 43.9 Å².